The van der Waals surface area contributed by atoms with Gasteiger partial charge in [0.1, 0.15) is 13.2 Å². The number of fused-ring (bicyclic) bond motifs is 2. The van der Waals surface area contributed by atoms with Gasteiger partial charge in [-0.25, -0.2) is 19.4 Å². The molecule has 5 aromatic rings. The zero-order chi connectivity index (χ0) is 35.1. The molecular weight excluding hydrogens is 659 g/mol. The number of hydrogen-bond donors (Lipinski definition) is 2. The molecule has 0 spiro atoms. The summed E-state index contributed by atoms with van der Waals surface area (Å²) in [4.78, 5) is 36.7. The first-order chi connectivity index (χ1) is 24.1. The first-order valence-corrected chi connectivity index (χ1v) is 17.9. The largest absolute Gasteiger partial charge is 0.435 e. The lowest BCUT2D eigenvalue weighted by molar-refractivity contribution is -0.278. The first-order valence-electron chi connectivity index (χ1n) is 16.2. The van der Waals surface area contributed by atoms with Crippen LogP contribution >= 0.6 is 7.60 Å². The molecule has 0 bridgehead atoms. The van der Waals surface area contributed by atoms with Crippen LogP contribution in [0.5, 0.6) is 0 Å². The number of aryl methyl sites for hydroxylation is 1. The summed E-state index contributed by atoms with van der Waals surface area (Å²) in [6, 6.07) is 29.1. The van der Waals surface area contributed by atoms with Crippen molar-refractivity contribution in [3.05, 3.63) is 131 Å². The molecule has 1 aromatic heterocycles. The van der Waals surface area contributed by atoms with Gasteiger partial charge in [-0.15, -0.1) is 9.35 Å². The monoisotopic (exact) mass is 698 g/mol. The molecule has 0 aliphatic heterocycles. The van der Waals surface area contributed by atoms with Crippen LogP contribution in [0.1, 0.15) is 61.1 Å². The Morgan fingerprint density at radius 2 is 1.54 bits per heavy atom. The van der Waals surface area contributed by atoms with E-state index in [1.807, 2.05) is 36.4 Å². The Balaban J connectivity index is 1.09. The van der Waals surface area contributed by atoms with Crippen molar-refractivity contribution in [3.63, 3.8) is 0 Å². The molecule has 13 heteroatoms. The Kier molecular flexibility index (Phi) is 10.8. The molecule has 1 heterocycles. The van der Waals surface area contributed by atoms with Crippen molar-refractivity contribution in [3.8, 4) is 0 Å². The third-order valence-corrected chi connectivity index (χ3v) is 9.35. The number of rotatable bonds is 12. The average molecular weight is 699 g/mol. The number of urea groups is 1. The van der Waals surface area contributed by atoms with Gasteiger partial charge in [-0.3, -0.25) is 4.57 Å². The van der Waals surface area contributed by atoms with E-state index in [9.17, 15) is 14.2 Å². The predicted octanol–water partition coefficient (Wildman–Crippen LogP) is 8.57. The molecule has 50 heavy (non-hydrogen) atoms. The topological polar surface area (TPSA) is 139 Å². The molecule has 0 unspecified atom stereocenters. The lowest BCUT2D eigenvalue weighted by atomic mass is 9.85. The smallest absolute Gasteiger partial charge is 0.435 e. The number of carbonyl (C=O) groups is 2. The molecule has 1 aliphatic rings. The maximum absolute atomic E-state index is 13.5. The van der Waals surface area contributed by atoms with Crippen molar-refractivity contribution in [2.24, 2.45) is 0 Å². The van der Waals surface area contributed by atoms with E-state index in [-0.39, 0.29) is 30.7 Å². The zero-order valence-electron chi connectivity index (χ0n) is 28.0. The van der Waals surface area contributed by atoms with E-state index in [4.69, 9.17) is 23.9 Å². The number of amides is 2. The van der Waals surface area contributed by atoms with Gasteiger partial charge in [-0.2, -0.15) is 9.78 Å². The SMILES string of the molecule is CC(C)(C)c1ccc2c(c1)CC[C@H]2NC(=O)Nc1cccc2c1cnn2C(=O)OCP(=O)(OOCc1ccccc1)OOCc1ccccc1. The van der Waals surface area contributed by atoms with Gasteiger partial charge in [-0.1, -0.05) is 106 Å². The van der Waals surface area contributed by atoms with Crippen LogP contribution in [0.15, 0.2) is 103 Å². The molecule has 0 saturated carbocycles. The van der Waals surface area contributed by atoms with Gasteiger partial charge >= 0.3 is 19.7 Å². The summed E-state index contributed by atoms with van der Waals surface area (Å²) in [5.74, 6) is 0. The molecule has 6 rings (SSSR count). The van der Waals surface area contributed by atoms with E-state index in [0.29, 0.717) is 16.6 Å². The number of carbonyl (C=O) groups excluding carboxylic acids is 2. The normalized spacial score (nSPS) is 14.3. The summed E-state index contributed by atoms with van der Waals surface area (Å²) >= 11 is 0. The number of ether oxygens (including phenoxy) is 1. The molecule has 0 radical (unpaired) electrons. The molecule has 0 saturated heterocycles. The van der Waals surface area contributed by atoms with Gasteiger partial charge in [0.15, 0.2) is 6.35 Å². The summed E-state index contributed by atoms with van der Waals surface area (Å²) in [6.07, 6.45) is 1.32. The molecule has 2 amide bonds. The summed E-state index contributed by atoms with van der Waals surface area (Å²) in [5, 5.41) is 10.6. The van der Waals surface area contributed by atoms with E-state index in [0.717, 1.165) is 34.2 Å². The summed E-state index contributed by atoms with van der Waals surface area (Å²) in [6.45, 7) is 6.47. The van der Waals surface area contributed by atoms with Gasteiger partial charge in [0.25, 0.3) is 0 Å². The number of hydrogen-bond acceptors (Lipinski definition) is 9. The van der Waals surface area contributed by atoms with Crippen LogP contribution < -0.4 is 10.6 Å². The van der Waals surface area contributed by atoms with Gasteiger partial charge in [-0.05, 0) is 58.2 Å². The highest BCUT2D eigenvalue weighted by Crippen LogP contribution is 2.49. The maximum Gasteiger partial charge on any atom is 0.435 e. The van der Waals surface area contributed by atoms with Crippen molar-refractivity contribution in [2.75, 3.05) is 11.7 Å². The highest BCUT2D eigenvalue weighted by molar-refractivity contribution is 7.53. The third-order valence-electron chi connectivity index (χ3n) is 8.24. The highest BCUT2D eigenvalue weighted by atomic mass is 31.2. The standard InChI is InChI=1S/C37H39N4O8P/c1-37(2,3)29-18-19-30-28(21-29)17-20-33(30)40-35(42)39-32-15-10-16-34-31(32)22-38-41(34)36(43)45-25-50(44,48-46-23-26-11-6-4-7-12-26)49-47-24-27-13-8-5-9-14-27/h4-16,18-19,21-22,33H,17,20,23-25H2,1-3H3,(H2,39,40,42)/t33-/m1/s1. The van der Waals surface area contributed by atoms with Crippen molar-refractivity contribution >= 4 is 36.3 Å². The maximum atomic E-state index is 13.5. The van der Waals surface area contributed by atoms with Crippen molar-refractivity contribution in [1.29, 1.82) is 0 Å². The van der Waals surface area contributed by atoms with Crippen molar-refractivity contribution < 1.29 is 38.0 Å². The number of nitrogens with zero attached hydrogens (tertiary/aromatic N) is 2. The van der Waals surface area contributed by atoms with Crippen molar-refractivity contribution in [1.82, 2.24) is 15.1 Å². The lowest BCUT2D eigenvalue weighted by Crippen LogP contribution is -2.31. The molecular formula is C37H39N4O8P. The fourth-order valence-corrected chi connectivity index (χ4v) is 6.41. The minimum Gasteiger partial charge on any atom is -0.435 e. The van der Waals surface area contributed by atoms with Gasteiger partial charge < -0.3 is 15.4 Å². The minimum absolute atomic E-state index is 0.0423. The Morgan fingerprint density at radius 3 is 2.18 bits per heavy atom. The lowest BCUT2D eigenvalue weighted by Gasteiger charge is -2.21. The highest BCUT2D eigenvalue weighted by Gasteiger charge is 2.32. The molecule has 1 aliphatic carbocycles. The number of anilines is 1. The number of aromatic nitrogens is 2. The van der Waals surface area contributed by atoms with E-state index in [1.165, 1.54) is 17.3 Å². The van der Waals surface area contributed by atoms with E-state index >= 15 is 0 Å². The van der Waals surface area contributed by atoms with E-state index < -0.39 is 20.0 Å². The van der Waals surface area contributed by atoms with E-state index in [1.54, 1.807) is 42.5 Å². The van der Waals surface area contributed by atoms with Gasteiger partial charge in [0, 0.05) is 5.39 Å². The second-order valence-corrected chi connectivity index (χ2v) is 14.7. The van der Waals surface area contributed by atoms with Crippen LogP contribution in [-0.2, 0) is 53.5 Å². The zero-order valence-corrected chi connectivity index (χ0v) is 28.9. The Hall–Kier alpha value is -4.84. The second kappa shape index (κ2) is 15.4. The molecule has 0 fully saturated rings. The molecule has 2 N–H and O–H groups in total. The number of nitrogens with one attached hydrogen (secondary N) is 2. The first kappa shape index (κ1) is 35.0. The van der Waals surface area contributed by atoms with Crippen LogP contribution in [0, 0.1) is 0 Å². The Bertz CT molecular complexity index is 1950. The van der Waals surface area contributed by atoms with Crippen LogP contribution in [0.2, 0.25) is 0 Å². The quantitative estimate of drug-likeness (QED) is 0.0745. The molecule has 1 atom stereocenters. The van der Waals surface area contributed by atoms with Gasteiger partial charge in [0.05, 0.1) is 23.4 Å². The third kappa shape index (κ3) is 8.65. The van der Waals surface area contributed by atoms with Crippen molar-refractivity contribution in [2.45, 2.75) is 58.3 Å². The summed E-state index contributed by atoms with van der Waals surface area (Å²) in [5.41, 5.74) is 5.98. The fourth-order valence-electron chi connectivity index (χ4n) is 5.60. The summed E-state index contributed by atoms with van der Waals surface area (Å²) < 4.78 is 30.1. The number of benzene rings is 4. The Morgan fingerprint density at radius 1 is 0.880 bits per heavy atom. The van der Waals surface area contributed by atoms with Crippen LogP contribution in [0.25, 0.3) is 10.9 Å². The average Bonchev–Trinajstić information content (AvgIpc) is 3.73. The molecule has 12 nitrogen and oxygen atoms in total. The van der Waals surface area contributed by atoms with E-state index in [2.05, 4.69) is 54.7 Å². The second-order valence-electron chi connectivity index (χ2n) is 12.9. The van der Waals surface area contributed by atoms with Crippen LogP contribution in [0.3, 0.4) is 0 Å². The minimum atomic E-state index is -4.28. The van der Waals surface area contributed by atoms with Crippen LogP contribution in [-0.4, -0.2) is 28.3 Å². The molecule has 4 aromatic carbocycles. The van der Waals surface area contributed by atoms with Crippen LogP contribution in [0.4, 0.5) is 15.3 Å². The molecule has 260 valence electrons. The fraction of sp³-hybridized carbons (Fsp3) is 0.270. The Labute approximate surface area is 290 Å². The summed E-state index contributed by atoms with van der Waals surface area (Å²) in [7, 11) is -4.28. The van der Waals surface area contributed by atoms with Gasteiger partial charge in [0.2, 0.25) is 0 Å². The predicted molar refractivity (Wildman–Crippen MR) is 187 cm³/mol.